The molecule has 1 aromatic rings. The Kier molecular flexibility index (Phi) is 4.02. The Morgan fingerprint density at radius 3 is 2.75 bits per heavy atom. The maximum Gasteiger partial charge on any atom is 0.307 e. The summed E-state index contributed by atoms with van der Waals surface area (Å²) in [7, 11) is 0. The molecule has 1 aliphatic rings. The summed E-state index contributed by atoms with van der Waals surface area (Å²) in [6.45, 7) is 8.34. The van der Waals surface area contributed by atoms with E-state index in [9.17, 15) is 9.90 Å². The zero-order valence-corrected chi connectivity index (χ0v) is 12.7. The van der Waals surface area contributed by atoms with Crippen molar-refractivity contribution < 1.29 is 9.90 Å². The lowest BCUT2D eigenvalue weighted by Crippen LogP contribution is -2.48. The van der Waals surface area contributed by atoms with Crippen molar-refractivity contribution in [2.24, 2.45) is 17.3 Å². The van der Waals surface area contributed by atoms with Crippen LogP contribution in [0.1, 0.15) is 39.2 Å². The third kappa shape index (κ3) is 2.65. The minimum Gasteiger partial charge on any atom is -0.481 e. The second-order valence-corrected chi connectivity index (χ2v) is 6.52. The Hall–Kier alpha value is -1.58. The maximum absolute atomic E-state index is 11.4. The topological polar surface area (TPSA) is 62.2 Å². The van der Waals surface area contributed by atoms with Crippen molar-refractivity contribution in [1.29, 1.82) is 0 Å². The number of carboxylic acid groups (broad SMARTS) is 1. The minimum atomic E-state index is -0.666. The van der Waals surface area contributed by atoms with Gasteiger partial charge in [-0.1, -0.05) is 20.8 Å². The van der Waals surface area contributed by atoms with Gasteiger partial charge in [0.1, 0.15) is 0 Å². The average Bonchev–Trinajstić information content (AvgIpc) is 2.37. The molecule has 2 N–H and O–H groups in total. The molecular formula is C16H24N2O2. The Labute approximate surface area is 120 Å². The summed E-state index contributed by atoms with van der Waals surface area (Å²) in [6, 6.07) is 2.29. The van der Waals surface area contributed by atoms with Gasteiger partial charge in [0, 0.05) is 24.1 Å². The van der Waals surface area contributed by atoms with Crippen LogP contribution in [0.2, 0.25) is 0 Å². The van der Waals surface area contributed by atoms with Crippen molar-refractivity contribution in [3.63, 3.8) is 0 Å². The molecule has 2 rings (SSSR count). The summed E-state index contributed by atoms with van der Waals surface area (Å²) in [4.78, 5) is 15.5. The van der Waals surface area contributed by atoms with E-state index >= 15 is 0 Å². The van der Waals surface area contributed by atoms with Crippen molar-refractivity contribution in [2.75, 3.05) is 5.32 Å². The molecule has 1 heterocycles. The highest BCUT2D eigenvalue weighted by atomic mass is 16.4. The van der Waals surface area contributed by atoms with E-state index in [1.807, 2.05) is 19.2 Å². The lowest BCUT2D eigenvalue weighted by atomic mass is 9.61. The number of rotatable bonds is 3. The van der Waals surface area contributed by atoms with E-state index in [0.717, 1.165) is 24.1 Å². The van der Waals surface area contributed by atoms with Gasteiger partial charge in [0.05, 0.1) is 5.92 Å². The van der Waals surface area contributed by atoms with Gasteiger partial charge in [0.25, 0.3) is 0 Å². The van der Waals surface area contributed by atoms with Crippen LogP contribution in [0.5, 0.6) is 0 Å². The van der Waals surface area contributed by atoms with Crippen LogP contribution >= 0.6 is 0 Å². The number of pyridine rings is 1. The molecule has 0 aromatic carbocycles. The van der Waals surface area contributed by atoms with Crippen molar-refractivity contribution in [3.8, 4) is 0 Å². The monoisotopic (exact) mass is 276 g/mol. The third-order valence-corrected chi connectivity index (χ3v) is 5.10. The molecule has 1 aliphatic carbocycles. The number of hydrogen-bond acceptors (Lipinski definition) is 3. The zero-order valence-electron chi connectivity index (χ0n) is 12.7. The quantitative estimate of drug-likeness (QED) is 0.889. The van der Waals surface area contributed by atoms with Crippen LogP contribution in [-0.4, -0.2) is 22.1 Å². The molecule has 3 atom stereocenters. The normalized spacial score (nSPS) is 28.9. The zero-order chi connectivity index (χ0) is 14.9. The van der Waals surface area contributed by atoms with Crippen molar-refractivity contribution in [2.45, 2.75) is 46.6 Å². The Morgan fingerprint density at radius 1 is 1.45 bits per heavy atom. The summed E-state index contributed by atoms with van der Waals surface area (Å²) in [6.07, 6.45) is 5.26. The van der Waals surface area contributed by atoms with Crippen LogP contribution in [0.4, 0.5) is 5.69 Å². The molecule has 4 heteroatoms. The molecule has 1 saturated carbocycles. The maximum atomic E-state index is 11.4. The number of nitrogens with zero attached hydrogens (tertiary/aromatic N) is 1. The molecule has 0 aliphatic heterocycles. The smallest absolute Gasteiger partial charge is 0.307 e. The van der Waals surface area contributed by atoms with Crippen LogP contribution < -0.4 is 5.32 Å². The van der Waals surface area contributed by atoms with E-state index in [0.29, 0.717) is 12.0 Å². The number of carboxylic acids is 1. The minimum absolute atomic E-state index is 0.206. The number of hydrogen-bond donors (Lipinski definition) is 2. The molecule has 0 bridgehead atoms. The predicted octanol–water partition coefficient (Wildman–Crippen LogP) is 3.33. The van der Waals surface area contributed by atoms with Gasteiger partial charge in [-0.15, -0.1) is 0 Å². The fourth-order valence-electron chi connectivity index (χ4n) is 3.28. The molecule has 3 unspecified atom stereocenters. The first-order valence-electron chi connectivity index (χ1n) is 7.24. The highest BCUT2D eigenvalue weighted by molar-refractivity contribution is 5.71. The predicted molar refractivity (Wildman–Crippen MR) is 79.7 cm³/mol. The van der Waals surface area contributed by atoms with E-state index < -0.39 is 5.97 Å². The molecule has 20 heavy (non-hydrogen) atoms. The summed E-state index contributed by atoms with van der Waals surface area (Å²) in [5.41, 5.74) is 2.02. The number of carbonyl (C=O) groups is 1. The van der Waals surface area contributed by atoms with Gasteiger partial charge in [0.15, 0.2) is 0 Å². The second-order valence-electron chi connectivity index (χ2n) is 6.52. The first-order valence-corrected chi connectivity index (χ1v) is 7.24. The van der Waals surface area contributed by atoms with Gasteiger partial charge < -0.3 is 10.4 Å². The lowest BCUT2D eigenvalue weighted by molar-refractivity contribution is -0.149. The van der Waals surface area contributed by atoms with Gasteiger partial charge in [0.2, 0.25) is 0 Å². The van der Waals surface area contributed by atoms with E-state index in [1.165, 1.54) is 0 Å². The molecule has 0 amide bonds. The molecule has 110 valence electrons. The number of aliphatic carboxylic acids is 1. The van der Waals surface area contributed by atoms with E-state index in [4.69, 9.17) is 0 Å². The van der Waals surface area contributed by atoms with Gasteiger partial charge >= 0.3 is 5.97 Å². The highest BCUT2D eigenvalue weighted by Gasteiger charge is 2.46. The van der Waals surface area contributed by atoms with Crippen LogP contribution in [0.3, 0.4) is 0 Å². The SMILES string of the molecule is Cc1cnccc1NC1CCC(C(=O)O)C(C)(C)C1C. The van der Waals surface area contributed by atoms with Crippen molar-refractivity contribution in [1.82, 2.24) is 4.98 Å². The molecule has 0 radical (unpaired) electrons. The molecule has 0 saturated heterocycles. The first kappa shape index (κ1) is 14.8. The lowest BCUT2D eigenvalue weighted by Gasteiger charge is -2.46. The van der Waals surface area contributed by atoms with E-state index in [1.54, 1.807) is 6.20 Å². The summed E-state index contributed by atoms with van der Waals surface area (Å²) in [5.74, 6) is -0.626. The Morgan fingerprint density at radius 2 is 2.15 bits per heavy atom. The number of nitrogens with one attached hydrogen (secondary N) is 1. The largest absolute Gasteiger partial charge is 0.481 e. The average molecular weight is 276 g/mol. The van der Waals surface area contributed by atoms with Gasteiger partial charge in [-0.25, -0.2) is 0 Å². The van der Waals surface area contributed by atoms with E-state index in [2.05, 4.69) is 31.1 Å². The summed E-state index contributed by atoms with van der Waals surface area (Å²) in [5, 5.41) is 13.0. The molecule has 4 nitrogen and oxygen atoms in total. The van der Waals surface area contributed by atoms with Crippen LogP contribution in [0.15, 0.2) is 18.5 Å². The number of aromatic nitrogens is 1. The van der Waals surface area contributed by atoms with Crippen molar-refractivity contribution >= 4 is 11.7 Å². The van der Waals surface area contributed by atoms with Crippen LogP contribution in [0, 0.1) is 24.2 Å². The van der Waals surface area contributed by atoms with Crippen LogP contribution in [-0.2, 0) is 4.79 Å². The molecule has 0 spiro atoms. The Balaban J connectivity index is 2.16. The fraction of sp³-hybridized carbons (Fsp3) is 0.625. The Bertz CT molecular complexity index is 499. The number of anilines is 1. The third-order valence-electron chi connectivity index (χ3n) is 5.10. The molecular weight excluding hydrogens is 252 g/mol. The second kappa shape index (κ2) is 5.43. The van der Waals surface area contributed by atoms with Crippen molar-refractivity contribution in [3.05, 3.63) is 24.0 Å². The first-order chi connectivity index (χ1) is 9.34. The standard InChI is InChI=1S/C16H24N2O2/c1-10-9-17-8-7-13(10)18-14-6-5-12(15(19)20)16(3,4)11(14)2/h7-9,11-12,14H,5-6H2,1-4H3,(H,17,18)(H,19,20). The fourth-order valence-corrected chi connectivity index (χ4v) is 3.28. The number of aryl methyl sites for hydroxylation is 1. The molecule has 1 aromatic heterocycles. The highest BCUT2D eigenvalue weighted by Crippen LogP contribution is 2.45. The van der Waals surface area contributed by atoms with Crippen LogP contribution in [0.25, 0.3) is 0 Å². The van der Waals surface area contributed by atoms with E-state index in [-0.39, 0.29) is 11.3 Å². The van der Waals surface area contributed by atoms with Gasteiger partial charge in [-0.3, -0.25) is 9.78 Å². The van der Waals surface area contributed by atoms with Gasteiger partial charge in [-0.2, -0.15) is 0 Å². The van der Waals surface area contributed by atoms with Gasteiger partial charge in [-0.05, 0) is 42.7 Å². The summed E-state index contributed by atoms with van der Waals surface area (Å²) < 4.78 is 0. The molecule has 1 fully saturated rings. The summed E-state index contributed by atoms with van der Waals surface area (Å²) >= 11 is 0.